The summed E-state index contributed by atoms with van der Waals surface area (Å²) in [5.74, 6) is 0.278. The molecule has 20 heavy (non-hydrogen) atoms. The number of hydrogen-bond donors (Lipinski definition) is 3. The number of amides is 1. The van der Waals surface area contributed by atoms with Crippen molar-refractivity contribution in [3.63, 3.8) is 0 Å². The number of oxime groups is 1. The van der Waals surface area contributed by atoms with Gasteiger partial charge in [0, 0.05) is 24.0 Å². The van der Waals surface area contributed by atoms with E-state index >= 15 is 0 Å². The van der Waals surface area contributed by atoms with Gasteiger partial charge >= 0.3 is 0 Å². The van der Waals surface area contributed by atoms with Gasteiger partial charge in [0.05, 0.1) is 5.01 Å². The molecule has 1 aliphatic rings. The van der Waals surface area contributed by atoms with Gasteiger partial charge in [0.2, 0.25) is 5.91 Å². The molecule has 6 nitrogen and oxygen atoms in total. The zero-order valence-corrected chi connectivity index (χ0v) is 12.5. The maximum Gasteiger partial charge on any atom is 0.233 e. The molecule has 4 N–H and O–H groups in total. The number of carbonyl (C=O) groups excluding carboxylic acids is 1. The van der Waals surface area contributed by atoms with E-state index in [2.05, 4.69) is 22.4 Å². The van der Waals surface area contributed by atoms with Crippen molar-refractivity contribution in [3.8, 4) is 0 Å². The van der Waals surface area contributed by atoms with E-state index in [9.17, 15) is 4.79 Å². The zero-order valence-electron chi connectivity index (χ0n) is 11.7. The molecule has 0 radical (unpaired) electrons. The molecule has 0 aromatic carbocycles. The first-order chi connectivity index (χ1) is 9.48. The summed E-state index contributed by atoms with van der Waals surface area (Å²) in [5, 5.41) is 17.7. The Bertz CT molecular complexity index is 520. The van der Waals surface area contributed by atoms with Crippen LogP contribution in [0.3, 0.4) is 0 Å². The summed E-state index contributed by atoms with van der Waals surface area (Å²) in [5.41, 5.74) is 5.86. The van der Waals surface area contributed by atoms with Crippen LogP contribution in [0.4, 0.5) is 0 Å². The molecule has 0 bridgehead atoms. The van der Waals surface area contributed by atoms with Gasteiger partial charge < -0.3 is 16.3 Å². The van der Waals surface area contributed by atoms with Crippen LogP contribution >= 0.6 is 11.3 Å². The van der Waals surface area contributed by atoms with Crippen LogP contribution in [-0.4, -0.2) is 28.5 Å². The molecule has 110 valence electrons. The molecule has 1 fully saturated rings. The molecular formula is C13H20N4O2S. The number of thiazole rings is 1. The fourth-order valence-corrected chi connectivity index (χ4v) is 3.48. The molecule has 1 aliphatic carbocycles. The minimum absolute atomic E-state index is 0.0122. The number of aryl methyl sites for hydroxylation is 1. The molecule has 1 aromatic rings. The Kier molecular flexibility index (Phi) is 4.27. The van der Waals surface area contributed by atoms with Crippen LogP contribution in [0.25, 0.3) is 0 Å². The quantitative estimate of drug-likeness (QED) is 0.330. The van der Waals surface area contributed by atoms with Gasteiger partial charge in [-0.2, -0.15) is 0 Å². The third-order valence-electron chi connectivity index (χ3n) is 3.72. The second kappa shape index (κ2) is 5.78. The van der Waals surface area contributed by atoms with Crippen molar-refractivity contribution in [2.75, 3.05) is 6.54 Å². The number of nitrogens with one attached hydrogen (secondary N) is 1. The molecule has 1 saturated carbocycles. The Balaban J connectivity index is 1.90. The number of nitrogens with two attached hydrogens (primary N) is 1. The van der Waals surface area contributed by atoms with Gasteiger partial charge in [-0.15, -0.1) is 11.3 Å². The number of carbonyl (C=O) groups is 1. The summed E-state index contributed by atoms with van der Waals surface area (Å²) in [6.07, 6.45) is 1.96. The second-order valence-electron chi connectivity index (χ2n) is 5.47. The van der Waals surface area contributed by atoms with Gasteiger partial charge in [-0.05, 0) is 25.7 Å². The van der Waals surface area contributed by atoms with Gasteiger partial charge in [-0.25, -0.2) is 4.98 Å². The molecule has 1 amide bonds. The predicted octanol–water partition coefficient (Wildman–Crippen LogP) is 1.27. The number of aromatic nitrogens is 1. The molecule has 0 unspecified atom stereocenters. The maximum atomic E-state index is 12.3. The summed E-state index contributed by atoms with van der Waals surface area (Å²) >= 11 is 1.59. The summed E-state index contributed by atoms with van der Waals surface area (Å²) in [7, 11) is 0. The van der Waals surface area contributed by atoms with Crippen LogP contribution in [0.2, 0.25) is 0 Å². The average molecular weight is 296 g/mol. The van der Waals surface area contributed by atoms with Crippen LogP contribution < -0.4 is 11.1 Å². The van der Waals surface area contributed by atoms with E-state index < -0.39 is 5.41 Å². The highest BCUT2D eigenvalue weighted by Gasteiger charge is 2.51. The Morgan fingerprint density at radius 2 is 2.40 bits per heavy atom. The fourth-order valence-electron chi connectivity index (χ4n) is 2.71. The highest BCUT2D eigenvalue weighted by molar-refractivity contribution is 7.09. The Morgan fingerprint density at radius 3 is 2.90 bits per heavy atom. The van der Waals surface area contributed by atoms with Crippen molar-refractivity contribution in [1.29, 1.82) is 0 Å². The number of nitrogens with zero attached hydrogens (tertiary/aromatic N) is 2. The summed E-state index contributed by atoms with van der Waals surface area (Å²) < 4.78 is 0. The van der Waals surface area contributed by atoms with Crippen molar-refractivity contribution in [2.45, 2.75) is 33.1 Å². The normalized spacial score (nSPS) is 26.1. The highest BCUT2D eigenvalue weighted by atomic mass is 32.1. The van der Waals surface area contributed by atoms with Crippen molar-refractivity contribution < 1.29 is 10.0 Å². The van der Waals surface area contributed by atoms with Crippen molar-refractivity contribution in [2.24, 2.45) is 22.2 Å². The van der Waals surface area contributed by atoms with Crippen LogP contribution in [0.15, 0.2) is 10.5 Å². The van der Waals surface area contributed by atoms with Gasteiger partial charge in [0.15, 0.2) is 5.84 Å². The molecule has 1 aromatic heterocycles. The minimum Gasteiger partial charge on any atom is -0.409 e. The van der Waals surface area contributed by atoms with E-state index in [1.165, 1.54) is 0 Å². The van der Waals surface area contributed by atoms with Crippen LogP contribution in [-0.2, 0) is 11.2 Å². The lowest BCUT2D eigenvalue weighted by molar-refractivity contribution is -0.133. The van der Waals surface area contributed by atoms with Crippen molar-refractivity contribution >= 4 is 23.1 Å². The molecule has 0 saturated heterocycles. The first-order valence-electron chi connectivity index (χ1n) is 6.65. The largest absolute Gasteiger partial charge is 0.409 e. The SMILES string of the molecule is Cc1csc(CCNC(=O)C2(C(N)=NO)CC(C)C2)n1. The van der Waals surface area contributed by atoms with Crippen LogP contribution in [0.1, 0.15) is 30.5 Å². The monoisotopic (exact) mass is 296 g/mol. The molecule has 1 heterocycles. The Labute approximate surface area is 122 Å². The Hall–Kier alpha value is -1.63. The second-order valence-corrected chi connectivity index (χ2v) is 6.41. The van der Waals surface area contributed by atoms with Gasteiger partial charge in [0.25, 0.3) is 0 Å². The predicted molar refractivity (Wildman–Crippen MR) is 77.8 cm³/mol. The van der Waals surface area contributed by atoms with E-state index in [1.54, 1.807) is 11.3 Å². The first-order valence-corrected chi connectivity index (χ1v) is 7.53. The summed E-state index contributed by atoms with van der Waals surface area (Å²) in [6, 6.07) is 0. The average Bonchev–Trinajstić information content (AvgIpc) is 2.79. The molecule has 2 rings (SSSR count). The van der Waals surface area contributed by atoms with E-state index in [1.807, 2.05) is 12.3 Å². The molecule has 0 atom stereocenters. The maximum absolute atomic E-state index is 12.3. The third-order valence-corrected chi connectivity index (χ3v) is 4.74. The van der Waals surface area contributed by atoms with Gasteiger partial charge in [0.1, 0.15) is 5.41 Å². The standard InChI is InChI=1S/C13H20N4O2S/c1-8-5-13(6-8,11(14)17-19)12(18)15-4-3-10-16-9(2)7-20-10/h7-8,19H,3-6H2,1-2H3,(H2,14,17)(H,15,18). The topological polar surface area (TPSA) is 101 Å². The lowest BCUT2D eigenvalue weighted by atomic mass is 9.61. The lowest BCUT2D eigenvalue weighted by Gasteiger charge is -2.43. The molecular weight excluding hydrogens is 276 g/mol. The van der Waals surface area contributed by atoms with Crippen LogP contribution in [0.5, 0.6) is 0 Å². The summed E-state index contributed by atoms with van der Waals surface area (Å²) in [4.78, 5) is 16.6. The Morgan fingerprint density at radius 1 is 1.70 bits per heavy atom. The molecule has 0 spiro atoms. The smallest absolute Gasteiger partial charge is 0.233 e. The van der Waals surface area contributed by atoms with E-state index in [4.69, 9.17) is 10.9 Å². The zero-order chi connectivity index (χ0) is 14.8. The first kappa shape index (κ1) is 14.8. The van der Waals surface area contributed by atoms with Gasteiger partial charge in [-0.3, -0.25) is 4.79 Å². The minimum atomic E-state index is -0.826. The summed E-state index contributed by atoms with van der Waals surface area (Å²) in [6.45, 7) is 4.51. The highest BCUT2D eigenvalue weighted by Crippen LogP contribution is 2.45. The number of amidine groups is 1. The number of hydrogen-bond acceptors (Lipinski definition) is 5. The van der Waals surface area contributed by atoms with E-state index in [-0.39, 0.29) is 11.7 Å². The van der Waals surface area contributed by atoms with E-state index in [0.29, 0.717) is 31.7 Å². The lowest BCUT2D eigenvalue weighted by Crippen LogP contribution is -2.57. The van der Waals surface area contributed by atoms with Gasteiger partial charge in [-0.1, -0.05) is 12.1 Å². The third kappa shape index (κ3) is 2.77. The van der Waals surface area contributed by atoms with Crippen LogP contribution in [0, 0.1) is 18.3 Å². The molecule has 0 aliphatic heterocycles. The van der Waals surface area contributed by atoms with Crippen molar-refractivity contribution in [3.05, 3.63) is 16.1 Å². The van der Waals surface area contributed by atoms with E-state index in [0.717, 1.165) is 10.7 Å². The number of rotatable bonds is 5. The fraction of sp³-hybridized carbons (Fsp3) is 0.615. The van der Waals surface area contributed by atoms with Crippen molar-refractivity contribution in [1.82, 2.24) is 10.3 Å². The molecule has 7 heteroatoms.